The van der Waals surface area contributed by atoms with Crippen molar-refractivity contribution in [3.63, 3.8) is 0 Å². The number of carbonyl (C=O) groups is 1. The number of thioether (sulfide) groups is 1. The summed E-state index contributed by atoms with van der Waals surface area (Å²) in [5.41, 5.74) is 0.938. The highest BCUT2D eigenvalue weighted by Gasteiger charge is 2.26. The Morgan fingerprint density at radius 2 is 2.12 bits per heavy atom. The summed E-state index contributed by atoms with van der Waals surface area (Å²) in [5, 5.41) is 3.60. The molecule has 1 aliphatic heterocycles. The maximum absolute atomic E-state index is 12.2. The fraction of sp³-hybridized carbons (Fsp3) is 0.389. The summed E-state index contributed by atoms with van der Waals surface area (Å²) in [7, 11) is 3.19. The Morgan fingerprint density at radius 1 is 1.31 bits per heavy atom. The first kappa shape index (κ1) is 18.3. The molecule has 0 spiro atoms. The predicted octanol–water partition coefficient (Wildman–Crippen LogP) is 1.66. The van der Waals surface area contributed by atoms with Gasteiger partial charge in [-0.2, -0.15) is 0 Å². The lowest BCUT2D eigenvalue weighted by molar-refractivity contribution is -0.121. The van der Waals surface area contributed by atoms with Crippen LogP contribution in [0.2, 0.25) is 0 Å². The Morgan fingerprint density at radius 3 is 2.88 bits per heavy atom. The molecule has 0 unspecified atom stereocenters. The first-order valence-electron chi connectivity index (χ1n) is 8.30. The Labute approximate surface area is 155 Å². The van der Waals surface area contributed by atoms with Crippen molar-refractivity contribution >= 4 is 17.7 Å². The van der Waals surface area contributed by atoms with Crippen LogP contribution in [0.1, 0.15) is 18.0 Å². The van der Waals surface area contributed by atoms with E-state index in [4.69, 9.17) is 9.47 Å². The van der Waals surface area contributed by atoms with Gasteiger partial charge in [0.2, 0.25) is 5.91 Å². The van der Waals surface area contributed by atoms with Gasteiger partial charge in [-0.25, -0.2) is 4.98 Å². The average Bonchev–Trinajstić information content (AvgIpc) is 3.05. The highest BCUT2D eigenvalue weighted by atomic mass is 32.2. The zero-order valence-corrected chi connectivity index (χ0v) is 15.5. The molecule has 0 saturated carbocycles. The topological polar surface area (TPSA) is 82.5 Å². The van der Waals surface area contributed by atoms with Crippen molar-refractivity contribution in [2.75, 3.05) is 26.5 Å². The van der Waals surface area contributed by atoms with Crippen LogP contribution in [0.5, 0.6) is 11.5 Å². The molecule has 0 bridgehead atoms. The number of rotatable bonds is 7. The van der Waals surface area contributed by atoms with Gasteiger partial charge in [-0.1, -0.05) is 17.8 Å². The Balaban J connectivity index is 1.52. The first-order chi connectivity index (χ1) is 12.6. The second kappa shape index (κ2) is 8.27. The van der Waals surface area contributed by atoms with Gasteiger partial charge in [-0.3, -0.25) is 14.2 Å². The molecule has 138 valence electrons. The van der Waals surface area contributed by atoms with Crippen LogP contribution in [0, 0.1) is 0 Å². The van der Waals surface area contributed by atoms with E-state index in [0.717, 1.165) is 5.56 Å². The Bertz CT molecular complexity index is 853. The molecule has 7 nitrogen and oxygen atoms in total. The van der Waals surface area contributed by atoms with E-state index in [1.807, 2.05) is 18.2 Å². The third kappa shape index (κ3) is 4.01. The number of nitrogens with zero attached hydrogens (tertiary/aromatic N) is 2. The number of amides is 1. The van der Waals surface area contributed by atoms with Crippen molar-refractivity contribution in [2.24, 2.45) is 0 Å². The predicted molar refractivity (Wildman–Crippen MR) is 99.1 cm³/mol. The molecule has 3 rings (SSSR count). The number of hydrogen-bond acceptors (Lipinski definition) is 6. The Hall–Kier alpha value is -2.48. The molecule has 2 heterocycles. The first-order valence-corrected chi connectivity index (χ1v) is 9.29. The molecule has 1 N–H and O–H groups in total. The standard InChI is InChI=1S/C18H21N3O4S/c1-24-14-4-3-12(9-15(14)25-2)5-7-19-16(22)10-13-11-26-18-20-8-6-17(23)21(13)18/h3-4,6,8-9,13H,5,7,10-11H2,1-2H3,(H,19,22)/t13-/m0/s1. The third-order valence-corrected chi connectivity index (χ3v) is 5.33. The van der Waals surface area contributed by atoms with E-state index in [2.05, 4.69) is 10.3 Å². The SMILES string of the molecule is COc1ccc(CCNC(=O)C[C@H]2CSc3nccc(=O)n32)cc1OC. The van der Waals surface area contributed by atoms with E-state index in [9.17, 15) is 9.59 Å². The number of methoxy groups -OCH3 is 2. The number of fused-ring (bicyclic) bond motifs is 1. The van der Waals surface area contributed by atoms with Gasteiger partial charge in [0.1, 0.15) is 0 Å². The maximum atomic E-state index is 12.2. The quantitative estimate of drug-likeness (QED) is 0.741. The van der Waals surface area contributed by atoms with Gasteiger partial charge in [-0.15, -0.1) is 0 Å². The molecule has 0 fully saturated rings. The molecule has 1 aromatic heterocycles. The van der Waals surface area contributed by atoms with Crippen molar-refractivity contribution in [3.05, 3.63) is 46.4 Å². The lowest BCUT2D eigenvalue weighted by atomic mass is 10.1. The third-order valence-electron chi connectivity index (χ3n) is 4.22. The van der Waals surface area contributed by atoms with Crippen molar-refractivity contribution in [1.82, 2.24) is 14.9 Å². The molecule has 0 radical (unpaired) electrons. The average molecular weight is 375 g/mol. The molecule has 0 saturated heterocycles. The van der Waals surface area contributed by atoms with E-state index >= 15 is 0 Å². The molecular weight excluding hydrogens is 354 g/mol. The van der Waals surface area contributed by atoms with Gasteiger partial charge in [-0.05, 0) is 24.1 Å². The summed E-state index contributed by atoms with van der Waals surface area (Å²) in [6, 6.07) is 6.99. The number of nitrogens with one attached hydrogen (secondary N) is 1. The minimum atomic E-state index is -0.141. The molecule has 26 heavy (non-hydrogen) atoms. The second-order valence-corrected chi connectivity index (χ2v) is 6.88. The van der Waals surface area contributed by atoms with Crippen molar-refractivity contribution < 1.29 is 14.3 Å². The molecule has 2 aromatic rings. The van der Waals surface area contributed by atoms with Crippen LogP contribution < -0.4 is 20.3 Å². The number of carbonyl (C=O) groups excluding carboxylic acids is 1. The number of aromatic nitrogens is 2. The van der Waals surface area contributed by atoms with Gasteiger partial charge in [0.05, 0.1) is 20.3 Å². The molecule has 8 heteroatoms. The summed E-state index contributed by atoms with van der Waals surface area (Å²) in [4.78, 5) is 28.4. The molecule has 1 amide bonds. The molecule has 1 aromatic carbocycles. The molecular formula is C18H21N3O4S. The number of ether oxygens (including phenoxy) is 2. The van der Waals surface area contributed by atoms with Gasteiger partial charge in [0.15, 0.2) is 16.7 Å². The van der Waals surface area contributed by atoms with E-state index in [-0.39, 0.29) is 23.9 Å². The smallest absolute Gasteiger partial charge is 0.254 e. The van der Waals surface area contributed by atoms with Crippen LogP contribution >= 0.6 is 11.8 Å². The summed E-state index contributed by atoms with van der Waals surface area (Å²) in [5.74, 6) is 1.97. The van der Waals surface area contributed by atoms with Crippen LogP contribution in [-0.2, 0) is 11.2 Å². The monoisotopic (exact) mass is 375 g/mol. The minimum Gasteiger partial charge on any atom is -0.493 e. The fourth-order valence-corrected chi connectivity index (χ4v) is 4.03. The van der Waals surface area contributed by atoms with E-state index in [0.29, 0.717) is 35.4 Å². The van der Waals surface area contributed by atoms with E-state index in [1.54, 1.807) is 18.8 Å². The second-order valence-electron chi connectivity index (χ2n) is 5.89. The molecule has 0 aliphatic carbocycles. The molecule has 1 aliphatic rings. The van der Waals surface area contributed by atoms with Crippen LogP contribution in [0.3, 0.4) is 0 Å². The zero-order valence-electron chi connectivity index (χ0n) is 14.7. The van der Waals surface area contributed by atoms with Crippen LogP contribution in [0.4, 0.5) is 0 Å². The van der Waals surface area contributed by atoms with Gasteiger partial charge in [0.25, 0.3) is 5.56 Å². The Kier molecular flexibility index (Phi) is 5.82. The van der Waals surface area contributed by atoms with Crippen LogP contribution in [-0.4, -0.2) is 42.0 Å². The summed E-state index contributed by atoms with van der Waals surface area (Å²) < 4.78 is 12.1. The largest absolute Gasteiger partial charge is 0.493 e. The van der Waals surface area contributed by atoms with Crippen LogP contribution in [0.25, 0.3) is 0 Å². The normalized spacial score (nSPS) is 15.4. The fourth-order valence-electron chi connectivity index (χ4n) is 2.91. The van der Waals surface area contributed by atoms with Gasteiger partial charge >= 0.3 is 0 Å². The van der Waals surface area contributed by atoms with E-state index in [1.165, 1.54) is 24.0 Å². The summed E-state index contributed by atoms with van der Waals surface area (Å²) >= 11 is 1.51. The highest BCUT2D eigenvalue weighted by Crippen LogP contribution is 2.31. The summed E-state index contributed by atoms with van der Waals surface area (Å²) in [6.45, 7) is 0.517. The van der Waals surface area contributed by atoms with Gasteiger partial charge < -0.3 is 14.8 Å². The van der Waals surface area contributed by atoms with Gasteiger partial charge in [0, 0.05) is 31.0 Å². The highest BCUT2D eigenvalue weighted by molar-refractivity contribution is 7.99. The maximum Gasteiger partial charge on any atom is 0.254 e. The van der Waals surface area contributed by atoms with Crippen molar-refractivity contribution in [1.29, 1.82) is 0 Å². The van der Waals surface area contributed by atoms with E-state index < -0.39 is 0 Å². The number of benzene rings is 1. The molecule has 1 atom stereocenters. The zero-order chi connectivity index (χ0) is 18.5. The van der Waals surface area contributed by atoms with Crippen molar-refractivity contribution in [3.8, 4) is 11.5 Å². The van der Waals surface area contributed by atoms with Crippen molar-refractivity contribution in [2.45, 2.75) is 24.0 Å². The minimum absolute atomic E-state index is 0.0697. The summed E-state index contributed by atoms with van der Waals surface area (Å²) in [6.07, 6.45) is 2.47. The lowest BCUT2D eigenvalue weighted by Crippen LogP contribution is -2.31. The van der Waals surface area contributed by atoms with Crippen LogP contribution in [0.15, 0.2) is 40.4 Å². The number of hydrogen-bond donors (Lipinski definition) is 1. The lowest BCUT2D eigenvalue weighted by Gasteiger charge is -2.13.